The van der Waals surface area contributed by atoms with Gasteiger partial charge in [-0.05, 0) is 24.1 Å². The van der Waals surface area contributed by atoms with Gasteiger partial charge in [-0.3, -0.25) is 0 Å². The van der Waals surface area contributed by atoms with Crippen molar-refractivity contribution in [2.45, 2.75) is 31.3 Å². The van der Waals surface area contributed by atoms with Crippen LogP contribution in [0.4, 0.5) is 5.69 Å². The van der Waals surface area contributed by atoms with E-state index in [2.05, 4.69) is 13.8 Å². The summed E-state index contributed by atoms with van der Waals surface area (Å²) in [6.45, 7) is 4.40. The topological polar surface area (TPSA) is 46.2 Å². The second kappa shape index (κ2) is 5.15. The fourth-order valence-electron chi connectivity index (χ4n) is 1.05. The maximum Gasteiger partial charge on any atom is 0.138 e. The molecule has 14 heavy (non-hydrogen) atoms. The number of phenolic OH excluding ortho intramolecular Hbond substituents is 1. The molecule has 2 nitrogen and oxygen atoms in total. The Hall–Kier alpha value is -0.830. The fourth-order valence-corrected chi connectivity index (χ4v) is 1.94. The molecular formula is C11H17NOS. The molecule has 1 aromatic rings. The summed E-state index contributed by atoms with van der Waals surface area (Å²) in [5.74, 6) is 1.13. The summed E-state index contributed by atoms with van der Waals surface area (Å²) < 4.78 is 0. The van der Waals surface area contributed by atoms with Gasteiger partial charge in [-0.15, -0.1) is 0 Å². The molecule has 3 N–H and O–H groups in total. The van der Waals surface area contributed by atoms with Gasteiger partial charge in [-0.25, -0.2) is 0 Å². The van der Waals surface area contributed by atoms with E-state index >= 15 is 0 Å². The number of nitrogens with two attached hydrogens (primary N) is 1. The molecule has 1 unspecified atom stereocenters. The van der Waals surface area contributed by atoms with Crippen LogP contribution in [0.3, 0.4) is 0 Å². The zero-order valence-electron chi connectivity index (χ0n) is 8.66. The summed E-state index contributed by atoms with van der Waals surface area (Å²) in [4.78, 5) is 0. The number of hydrogen-bond acceptors (Lipinski definition) is 3. The number of nitrogen functional groups attached to an aromatic ring is 1. The highest BCUT2D eigenvalue weighted by Gasteiger charge is 2.02. The second-order valence-electron chi connectivity index (χ2n) is 3.42. The highest BCUT2D eigenvalue weighted by atomic mass is 32.2. The minimum atomic E-state index is 0.169. The molecule has 0 heterocycles. The van der Waals surface area contributed by atoms with Gasteiger partial charge in [-0.2, -0.15) is 11.8 Å². The van der Waals surface area contributed by atoms with Crippen LogP contribution in [0.5, 0.6) is 5.75 Å². The van der Waals surface area contributed by atoms with Crippen LogP contribution in [-0.4, -0.2) is 10.4 Å². The number of hydrogen-bond donors (Lipinski definition) is 2. The molecule has 0 aromatic heterocycles. The molecule has 1 rings (SSSR count). The third-order valence-electron chi connectivity index (χ3n) is 2.20. The van der Waals surface area contributed by atoms with Gasteiger partial charge in [0.25, 0.3) is 0 Å². The molecule has 0 bridgehead atoms. The molecule has 0 aliphatic heterocycles. The van der Waals surface area contributed by atoms with Crippen LogP contribution in [-0.2, 0) is 5.75 Å². The van der Waals surface area contributed by atoms with Crippen LogP contribution in [0, 0.1) is 0 Å². The molecule has 0 saturated carbocycles. The molecule has 0 spiro atoms. The first kappa shape index (κ1) is 11.2. The fraction of sp³-hybridized carbons (Fsp3) is 0.455. The zero-order chi connectivity index (χ0) is 10.6. The van der Waals surface area contributed by atoms with Gasteiger partial charge in [-0.1, -0.05) is 19.9 Å². The Bertz CT molecular complexity index is 301. The predicted molar refractivity (Wildman–Crippen MR) is 63.6 cm³/mol. The minimum Gasteiger partial charge on any atom is -0.506 e. The molecule has 1 aromatic carbocycles. The highest BCUT2D eigenvalue weighted by molar-refractivity contribution is 7.99. The lowest BCUT2D eigenvalue weighted by molar-refractivity contribution is 0.478. The van der Waals surface area contributed by atoms with Crippen LogP contribution in [0.1, 0.15) is 25.8 Å². The quantitative estimate of drug-likeness (QED) is 0.594. The Morgan fingerprint density at radius 2 is 2.21 bits per heavy atom. The van der Waals surface area contributed by atoms with E-state index in [4.69, 9.17) is 5.73 Å². The lowest BCUT2D eigenvalue weighted by Gasteiger charge is -2.08. The molecule has 78 valence electrons. The van der Waals surface area contributed by atoms with E-state index in [-0.39, 0.29) is 5.75 Å². The smallest absolute Gasteiger partial charge is 0.138 e. The number of rotatable bonds is 4. The zero-order valence-corrected chi connectivity index (χ0v) is 9.47. The Labute approximate surface area is 89.5 Å². The average molecular weight is 211 g/mol. The van der Waals surface area contributed by atoms with Crippen LogP contribution < -0.4 is 5.73 Å². The van der Waals surface area contributed by atoms with Crippen molar-refractivity contribution < 1.29 is 5.11 Å². The Morgan fingerprint density at radius 3 is 2.79 bits per heavy atom. The maximum absolute atomic E-state index is 9.24. The molecule has 3 heteroatoms. The highest BCUT2D eigenvalue weighted by Crippen LogP contribution is 2.25. The molecule has 0 aliphatic carbocycles. The van der Waals surface area contributed by atoms with Crippen molar-refractivity contribution in [1.29, 1.82) is 0 Å². The van der Waals surface area contributed by atoms with Crippen LogP contribution in [0.15, 0.2) is 18.2 Å². The van der Waals surface area contributed by atoms with Gasteiger partial charge in [0, 0.05) is 11.0 Å². The first-order valence-corrected chi connectivity index (χ1v) is 5.87. The summed E-state index contributed by atoms with van der Waals surface area (Å²) in [6, 6.07) is 5.41. The monoisotopic (exact) mass is 211 g/mol. The van der Waals surface area contributed by atoms with Crippen molar-refractivity contribution in [3.8, 4) is 5.75 Å². The molecule has 1 atom stereocenters. The number of thioether (sulfide) groups is 1. The number of phenols is 1. The van der Waals surface area contributed by atoms with Gasteiger partial charge in [0.1, 0.15) is 5.75 Å². The summed E-state index contributed by atoms with van der Waals surface area (Å²) in [5.41, 5.74) is 7.24. The van der Waals surface area contributed by atoms with Gasteiger partial charge >= 0.3 is 0 Å². The minimum absolute atomic E-state index is 0.169. The van der Waals surface area contributed by atoms with Crippen molar-refractivity contribution in [2.24, 2.45) is 0 Å². The summed E-state index contributed by atoms with van der Waals surface area (Å²) in [7, 11) is 0. The van der Waals surface area contributed by atoms with Gasteiger partial charge in [0.15, 0.2) is 0 Å². The normalized spacial score (nSPS) is 12.7. The third kappa shape index (κ3) is 3.14. The van der Waals surface area contributed by atoms with Crippen molar-refractivity contribution in [3.63, 3.8) is 0 Å². The van der Waals surface area contributed by atoms with Gasteiger partial charge in [0.2, 0.25) is 0 Å². The van der Waals surface area contributed by atoms with E-state index in [1.54, 1.807) is 6.07 Å². The predicted octanol–water partition coefficient (Wildman–Crippen LogP) is 3.01. The van der Waals surface area contributed by atoms with Crippen molar-refractivity contribution >= 4 is 17.4 Å². The lowest BCUT2D eigenvalue weighted by atomic mass is 10.2. The standard InChI is InChI=1S/C11H17NOS/c1-3-8(2)14-7-9-4-5-11(13)10(12)6-9/h4-6,8,13H,3,7,12H2,1-2H3. The van der Waals surface area contributed by atoms with E-state index in [1.165, 1.54) is 12.0 Å². The Balaban J connectivity index is 2.55. The maximum atomic E-state index is 9.24. The third-order valence-corrected chi connectivity index (χ3v) is 3.60. The first-order chi connectivity index (χ1) is 6.63. The van der Waals surface area contributed by atoms with Crippen LogP contribution in [0.2, 0.25) is 0 Å². The Morgan fingerprint density at radius 1 is 1.50 bits per heavy atom. The molecular weight excluding hydrogens is 194 g/mol. The van der Waals surface area contributed by atoms with Gasteiger partial charge in [0.05, 0.1) is 5.69 Å². The van der Waals surface area contributed by atoms with Crippen LogP contribution >= 0.6 is 11.8 Å². The molecule has 0 fully saturated rings. The lowest BCUT2D eigenvalue weighted by Crippen LogP contribution is -1.94. The molecule has 0 aliphatic rings. The molecule has 0 saturated heterocycles. The molecule has 0 amide bonds. The molecule has 0 radical (unpaired) electrons. The Kier molecular flexibility index (Phi) is 4.14. The van der Waals surface area contributed by atoms with E-state index in [9.17, 15) is 5.11 Å². The van der Waals surface area contributed by atoms with Crippen molar-refractivity contribution in [1.82, 2.24) is 0 Å². The van der Waals surface area contributed by atoms with Gasteiger partial charge < -0.3 is 10.8 Å². The summed E-state index contributed by atoms with van der Waals surface area (Å²) in [6.07, 6.45) is 1.18. The number of aromatic hydroxyl groups is 1. The number of anilines is 1. The van der Waals surface area contributed by atoms with Crippen molar-refractivity contribution in [3.05, 3.63) is 23.8 Å². The summed E-state index contributed by atoms with van der Waals surface area (Å²) in [5, 5.41) is 9.91. The van der Waals surface area contributed by atoms with E-state index < -0.39 is 0 Å². The first-order valence-electron chi connectivity index (χ1n) is 4.82. The summed E-state index contributed by atoms with van der Waals surface area (Å²) >= 11 is 1.91. The van der Waals surface area contributed by atoms with E-state index in [0.29, 0.717) is 10.9 Å². The van der Waals surface area contributed by atoms with Crippen molar-refractivity contribution in [2.75, 3.05) is 5.73 Å². The van der Waals surface area contributed by atoms with Crippen LogP contribution in [0.25, 0.3) is 0 Å². The largest absolute Gasteiger partial charge is 0.506 e. The van der Waals surface area contributed by atoms with E-state index in [1.807, 2.05) is 23.9 Å². The second-order valence-corrected chi connectivity index (χ2v) is 4.85. The average Bonchev–Trinajstić information content (AvgIpc) is 2.19. The van der Waals surface area contributed by atoms with E-state index in [0.717, 1.165) is 5.75 Å². The number of benzene rings is 1. The SMILES string of the molecule is CCC(C)SCc1ccc(O)c(N)c1.